The monoisotopic (exact) mass is 878 g/mol. The van der Waals surface area contributed by atoms with Gasteiger partial charge in [0.05, 0.1) is 84.4 Å². The van der Waals surface area contributed by atoms with E-state index in [0.29, 0.717) is 34.0 Å². The number of aromatic nitrogens is 4. The first-order valence-corrected chi connectivity index (χ1v) is 23.0. The summed E-state index contributed by atoms with van der Waals surface area (Å²) in [6.45, 7) is 9.59. The second kappa shape index (κ2) is 13.9. The molecule has 7 nitrogen and oxygen atoms in total. The Balaban J connectivity index is 1.28. The van der Waals surface area contributed by atoms with Crippen molar-refractivity contribution >= 4 is 115 Å². The Labute approximate surface area is 393 Å². The Bertz CT molecular complexity index is 4660. The largest absolute Gasteiger partial charge is 0.455 e. The molecule has 0 spiro atoms. The average Bonchev–Trinajstić information content (AvgIpc) is 4.21. The van der Waals surface area contributed by atoms with Crippen LogP contribution in [0.2, 0.25) is 0 Å². The van der Waals surface area contributed by atoms with Gasteiger partial charge in [0.2, 0.25) is 5.69 Å². The number of nitrogens with zero attached hydrogens (tertiary/aromatic N) is 6. The smallest absolute Gasteiger partial charge is 0.237 e. The lowest BCUT2D eigenvalue weighted by Gasteiger charge is -2.27. The molecule has 0 aliphatic rings. The highest BCUT2D eigenvalue weighted by molar-refractivity contribution is 6.25. The van der Waals surface area contributed by atoms with Gasteiger partial charge in [-0.1, -0.05) is 146 Å². The van der Waals surface area contributed by atoms with Crippen molar-refractivity contribution in [2.75, 3.05) is 0 Å². The van der Waals surface area contributed by atoms with Gasteiger partial charge in [-0.3, -0.25) is 0 Å². The second-order valence-corrected chi connectivity index (χ2v) is 17.7. The van der Waals surface area contributed by atoms with Crippen LogP contribution in [0.5, 0.6) is 0 Å². The van der Waals surface area contributed by atoms with E-state index in [-0.39, 0.29) is 0 Å². The zero-order valence-corrected chi connectivity index (χ0v) is 36.7. The number of hydrogen-bond donors (Lipinski definition) is 0. The topological polar surface area (TPSA) is 61.0 Å². The minimum absolute atomic E-state index is 0.352. The third kappa shape index (κ3) is 4.82. The third-order valence-corrected chi connectivity index (χ3v) is 14.4. The molecule has 0 N–H and O–H groups in total. The standard InChI is InChI=1S/C62H34N6O/c1-64-57-58(65-47-26-10-2-18-37(47)38-19-3-11-27-48(38)65)46(36-63)59(68-53-32-16-8-25-45(53)56-54(68)35-34-44-43-24-9-17-33-55(43)69-62(44)56)61(67-51-30-14-6-22-41(51)42-23-7-15-31-52(42)67)60(57)66-49-28-12-4-20-39(49)40-21-5-13-29-50(40)66/h2-35H. The van der Waals surface area contributed by atoms with Crippen molar-refractivity contribution in [3.63, 3.8) is 0 Å². The lowest BCUT2D eigenvalue weighted by Crippen LogP contribution is -2.14. The van der Waals surface area contributed by atoms with Crippen LogP contribution in [0.15, 0.2) is 211 Å². The average molecular weight is 879 g/mol. The summed E-state index contributed by atoms with van der Waals surface area (Å²) < 4.78 is 15.9. The molecule has 0 saturated carbocycles. The normalized spacial score (nSPS) is 12.0. The van der Waals surface area contributed by atoms with Gasteiger partial charge in [-0.05, 0) is 60.7 Å². The molecular weight excluding hydrogens is 845 g/mol. The molecule has 0 atom stereocenters. The summed E-state index contributed by atoms with van der Waals surface area (Å²) in [4.78, 5) is 4.68. The maximum Gasteiger partial charge on any atom is 0.237 e. The van der Waals surface area contributed by atoms with E-state index in [1.165, 1.54) is 0 Å². The van der Waals surface area contributed by atoms with E-state index in [1.54, 1.807) is 0 Å². The van der Waals surface area contributed by atoms with E-state index in [1.807, 2.05) is 30.3 Å². The van der Waals surface area contributed by atoms with E-state index >= 15 is 0 Å². The predicted molar refractivity (Wildman–Crippen MR) is 282 cm³/mol. The summed E-state index contributed by atoms with van der Waals surface area (Å²) in [5.74, 6) is 0. The molecule has 0 bridgehead atoms. The minimum atomic E-state index is 0.352. The molecule has 10 aromatic carbocycles. The molecule has 0 radical (unpaired) electrons. The van der Waals surface area contributed by atoms with Crippen LogP contribution in [0.3, 0.4) is 0 Å². The molecular formula is C62H34N6O. The number of nitriles is 1. The van der Waals surface area contributed by atoms with Crippen LogP contribution in [-0.2, 0) is 0 Å². The second-order valence-electron chi connectivity index (χ2n) is 17.7. The van der Waals surface area contributed by atoms with Crippen molar-refractivity contribution < 1.29 is 4.42 Å². The molecule has 5 aromatic heterocycles. The molecule has 7 heteroatoms. The molecule has 318 valence electrons. The van der Waals surface area contributed by atoms with Gasteiger partial charge in [0.15, 0.2) is 0 Å². The highest BCUT2D eigenvalue weighted by Crippen LogP contribution is 2.52. The molecule has 0 amide bonds. The summed E-state index contributed by atoms with van der Waals surface area (Å²) in [5.41, 5.74) is 12.2. The van der Waals surface area contributed by atoms with Crippen molar-refractivity contribution in [1.82, 2.24) is 18.3 Å². The molecule has 0 aliphatic carbocycles. The number of fused-ring (bicyclic) bond motifs is 16. The number of benzene rings is 10. The fourth-order valence-corrected chi connectivity index (χ4v) is 11.7. The maximum absolute atomic E-state index is 12.4. The van der Waals surface area contributed by atoms with Crippen LogP contribution in [-0.4, -0.2) is 18.3 Å². The number of hydrogen-bond acceptors (Lipinski definition) is 2. The first kappa shape index (κ1) is 37.4. The van der Waals surface area contributed by atoms with Gasteiger partial charge in [-0.25, -0.2) is 4.85 Å². The number of para-hydroxylation sites is 8. The van der Waals surface area contributed by atoms with Gasteiger partial charge in [0.25, 0.3) is 0 Å². The van der Waals surface area contributed by atoms with Crippen molar-refractivity contribution in [3.05, 3.63) is 223 Å². The highest BCUT2D eigenvalue weighted by Gasteiger charge is 2.35. The molecule has 0 saturated heterocycles. The summed E-state index contributed by atoms with van der Waals surface area (Å²) in [7, 11) is 0. The molecule has 0 aliphatic heterocycles. The van der Waals surface area contributed by atoms with E-state index in [9.17, 15) is 11.8 Å². The first-order valence-electron chi connectivity index (χ1n) is 23.0. The number of rotatable bonds is 4. The molecule has 5 heterocycles. The van der Waals surface area contributed by atoms with E-state index in [2.05, 4.69) is 205 Å². The fraction of sp³-hybridized carbons (Fsp3) is 0. The van der Waals surface area contributed by atoms with Crippen molar-refractivity contribution in [3.8, 4) is 28.8 Å². The lowest BCUT2D eigenvalue weighted by molar-refractivity contribution is 0.673. The zero-order chi connectivity index (χ0) is 45.5. The van der Waals surface area contributed by atoms with Crippen LogP contribution in [0.4, 0.5) is 5.69 Å². The van der Waals surface area contributed by atoms with Gasteiger partial charge < -0.3 is 22.7 Å². The van der Waals surface area contributed by atoms with Gasteiger partial charge >= 0.3 is 0 Å². The Morgan fingerprint density at radius 1 is 0.348 bits per heavy atom. The van der Waals surface area contributed by atoms with Gasteiger partial charge in [0.1, 0.15) is 17.2 Å². The van der Waals surface area contributed by atoms with Crippen LogP contribution < -0.4 is 0 Å². The van der Waals surface area contributed by atoms with Gasteiger partial charge in [0, 0.05) is 48.5 Å². The van der Waals surface area contributed by atoms with E-state index < -0.39 is 0 Å². The Morgan fingerprint density at radius 2 is 0.710 bits per heavy atom. The van der Waals surface area contributed by atoms with Crippen LogP contribution >= 0.6 is 0 Å². The summed E-state index contributed by atoms with van der Waals surface area (Å²) in [6.07, 6.45) is 0. The van der Waals surface area contributed by atoms with Crippen molar-refractivity contribution in [1.29, 1.82) is 5.26 Å². The van der Waals surface area contributed by atoms with Gasteiger partial charge in [-0.2, -0.15) is 5.26 Å². The maximum atomic E-state index is 12.4. The molecule has 15 rings (SSSR count). The predicted octanol–water partition coefficient (Wildman–Crippen LogP) is 16.4. The third-order valence-electron chi connectivity index (χ3n) is 14.4. The summed E-state index contributed by atoms with van der Waals surface area (Å²) in [6, 6.07) is 74.3. The van der Waals surface area contributed by atoms with Gasteiger partial charge in [-0.15, -0.1) is 0 Å². The molecule has 15 aromatic rings. The first-order chi connectivity index (χ1) is 34.2. The van der Waals surface area contributed by atoms with E-state index in [4.69, 9.17) is 4.42 Å². The van der Waals surface area contributed by atoms with Crippen LogP contribution in [0.1, 0.15) is 5.56 Å². The fourth-order valence-electron chi connectivity index (χ4n) is 11.7. The zero-order valence-electron chi connectivity index (χ0n) is 36.7. The Hall–Kier alpha value is -9.82. The molecule has 69 heavy (non-hydrogen) atoms. The SMILES string of the molecule is [C-]#[N+]c1c(-n2c3ccccc3c3ccccc32)c(C#N)c(-n2c3ccccc3c3c4oc5ccccc5c4ccc32)c(-n2c3ccccc3c3ccccc32)c1-n1c2ccccc2c2ccccc21. The van der Waals surface area contributed by atoms with E-state index in [0.717, 1.165) is 109 Å². The van der Waals surface area contributed by atoms with Crippen molar-refractivity contribution in [2.24, 2.45) is 0 Å². The highest BCUT2D eigenvalue weighted by atomic mass is 16.3. The van der Waals surface area contributed by atoms with Crippen molar-refractivity contribution in [2.45, 2.75) is 0 Å². The lowest BCUT2D eigenvalue weighted by atomic mass is 10.0. The Morgan fingerprint density at radius 3 is 1.16 bits per heavy atom. The quantitative estimate of drug-likeness (QED) is 0.165. The van der Waals surface area contributed by atoms with Crippen LogP contribution in [0, 0.1) is 17.9 Å². The molecule has 0 unspecified atom stereocenters. The number of furan rings is 1. The summed E-state index contributed by atoms with van der Waals surface area (Å²) in [5, 5.41) is 22.7. The molecule has 0 fully saturated rings. The Kier molecular flexibility index (Phi) is 7.51. The summed E-state index contributed by atoms with van der Waals surface area (Å²) >= 11 is 0. The minimum Gasteiger partial charge on any atom is -0.455 e. The van der Waals surface area contributed by atoms with Crippen LogP contribution in [0.25, 0.3) is 137 Å².